The van der Waals surface area contributed by atoms with Crippen molar-refractivity contribution < 1.29 is 31.1 Å². The molecule has 0 saturated carbocycles. The minimum atomic E-state index is -4.99. The first kappa shape index (κ1) is 28.4. The summed E-state index contributed by atoms with van der Waals surface area (Å²) in [6.07, 6.45) is -8.35. The van der Waals surface area contributed by atoms with Crippen LogP contribution in [0.3, 0.4) is 0 Å². The molecule has 216 valence electrons. The molecular formula is C28H20F6N6O2. The van der Waals surface area contributed by atoms with Crippen molar-refractivity contribution in [3.8, 4) is 11.3 Å². The standard InChI is InChI=1S/C28H20F6N6O2/c1-14-6-7-18(12-21(14)36-17-8-9-20-19(11-17)25(42)40(2)13-35-20)37-24(41)23-22(38-26(39-23)28(32,33)34)15-4-3-5-16(10-15)27(29,30)31/h3-13,36H,1-2H3,(H,37,41)(H,38,39). The Morgan fingerprint density at radius 2 is 1.67 bits per heavy atom. The number of nitrogens with one attached hydrogen (secondary N) is 3. The molecule has 0 aliphatic heterocycles. The number of carbonyl (C=O) groups excluding carboxylic acids is 1. The molecule has 2 heterocycles. The predicted molar refractivity (Wildman–Crippen MR) is 143 cm³/mol. The number of aromatic amines is 1. The number of benzene rings is 3. The highest BCUT2D eigenvalue weighted by Crippen LogP contribution is 2.35. The number of fused-ring (bicyclic) bond motifs is 1. The molecule has 0 aliphatic carbocycles. The first-order valence-corrected chi connectivity index (χ1v) is 12.2. The Bertz CT molecular complexity index is 1890. The van der Waals surface area contributed by atoms with Gasteiger partial charge in [-0.15, -0.1) is 0 Å². The SMILES string of the molecule is Cc1ccc(NC(=O)c2[nH]c(C(F)(F)F)nc2-c2cccc(C(F)(F)F)c2)cc1Nc1ccc2ncn(C)c(=O)c2c1. The summed E-state index contributed by atoms with van der Waals surface area (Å²) in [7, 11) is 1.57. The molecule has 0 atom stereocenters. The van der Waals surface area contributed by atoms with Gasteiger partial charge in [0.1, 0.15) is 11.4 Å². The van der Waals surface area contributed by atoms with Crippen molar-refractivity contribution in [3.05, 3.63) is 100.0 Å². The molecule has 2 aromatic heterocycles. The monoisotopic (exact) mass is 586 g/mol. The zero-order valence-corrected chi connectivity index (χ0v) is 21.8. The lowest BCUT2D eigenvalue weighted by Crippen LogP contribution is -2.16. The number of hydrogen-bond acceptors (Lipinski definition) is 5. The normalized spacial score (nSPS) is 12.0. The van der Waals surface area contributed by atoms with Gasteiger partial charge in [-0.2, -0.15) is 26.3 Å². The quantitative estimate of drug-likeness (QED) is 0.200. The number of imidazole rings is 1. The van der Waals surface area contributed by atoms with Crippen molar-refractivity contribution in [2.45, 2.75) is 19.3 Å². The number of hydrogen-bond donors (Lipinski definition) is 3. The van der Waals surface area contributed by atoms with Crippen LogP contribution in [0.25, 0.3) is 22.2 Å². The van der Waals surface area contributed by atoms with Gasteiger partial charge in [-0.25, -0.2) is 9.97 Å². The fraction of sp³-hybridized carbons (Fsp3) is 0.143. The average Bonchev–Trinajstić information content (AvgIpc) is 3.39. The van der Waals surface area contributed by atoms with E-state index in [0.717, 1.165) is 23.8 Å². The first-order chi connectivity index (χ1) is 19.7. The number of aromatic nitrogens is 4. The van der Waals surface area contributed by atoms with E-state index < -0.39 is 41.0 Å². The Morgan fingerprint density at radius 3 is 2.38 bits per heavy atom. The molecule has 42 heavy (non-hydrogen) atoms. The van der Waals surface area contributed by atoms with E-state index in [0.29, 0.717) is 28.3 Å². The molecule has 0 bridgehead atoms. The molecule has 3 N–H and O–H groups in total. The van der Waals surface area contributed by atoms with Crippen molar-refractivity contribution in [1.29, 1.82) is 0 Å². The van der Waals surface area contributed by atoms with Gasteiger partial charge in [-0.1, -0.05) is 18.2 Å². The van der Waals surface area contributed by atoms with Crippen molar-refractivity contribution in [2.75, 3.05) is 10.6 Å². The van der Waals surface area contributed by atoms with Crippen molar-refractivity contribution in [3.63, 3.8) is 0 Å². The largest absolute Gasteiger partial charge is 0.449 e. The second-order valence-corrected chi connectivity index (χ2v) is 9.39. The molecule has 0 spiro atoms. The van der Waals surface area contributed by atoms with Crippen LogP contribution in [0.5, 0.6) is 0 Å². The van der Waals surface area contributed by atoms with Crippen LogP contribution in [0.2, 0.25) is 0 Å². The van der Waals surface area contributed by atoms with Crippen LogP contribution < -0.4 is 16.2 Å². The number of amides is 1. The summed E-state index contributed by atoms with van der Waals surface area (Å²) in [5, 5.41) is 5.99. The molecule has 0 saturated heterocycles. The molecule has 5 rings (SSSR count). The first-order valence-electron chi connectivity index (χ1n) is 12.2. The van der Waals surface area contributed by atoms with Crippen LogP contribution in [-0.4, -0.2) is 25.4 Å². The van der Waals surface area contributed by atoms with E-state index in [1.807, 2.05) is 4.98 Å². The van der Waals surface area contributed by atoms with Crippen LogP contribution in [0.1, 0.15) is 27.4 Å². The summed E-state index contributed by atoms with van der Waals surface area (Å²) >= 11 is 0. The van der Waals surface area contributed by atoms with Gasteiger partial charge in [-0.05, 0) is 55.0 Å². The van der Waals surface area contributed by atoms with Gasteiger partial charge < -0.3 is 20.2 Å². The zero-order valence-electron chi connectivity index (χ0n) is 21.8. The molecule has 14 heteroatoms. The molecule has 0 aliphatic rings. The Labute approximate surface area is 233 Å². The van der Waals surface area contributed by atoms with Gasteiger partial charge in [0.25, 0.3) is 11.5 Å². The van der Waals surface area contributed by atoms with Gasteiger partial charge in [0.2, 0.25) is 5.82 Å². The lowest BCUT2D eigenvalue weighted by atomic mass is 10.1. The molecule has 0 radical (unpaired) electrons. The van der Waals surface area contributed by atoms with Gasteiger partial charge in [0.05, 0.1) is 22.8 Å². The smallest absolute Gasteiger partial charge is 0.355 e. The molecule has 3 aromatic carbocycles. The van der Waals surface area contributed by atoms with Crippen LogP contribution in [0.4, 0.5) is 43.4 Å². The molecule has 0 unspecified atom stereocenters. The van der Waals surface area contributed by atoms with Crippen LogP contribution in [-0.2, 0) is 19.4 Å². The van der Waals surface area contributed by atoms with E-state index in [4.69, 9.17) is 0 Å². The van der Waals surface area contributed by atoms with Crippen LogP contribution in [0.15, 0.2) is 71.8 Å². The molecular weight excluding hydrogens is 566 g/mol. The maximum atomic E-state index is 13.5. The molecule has 0 fully saturated rings. The highest BCUT2D eigenvalue weighted by molar-refractivity contribution is 6.07. The van der Waals surface area contributed by atoms with E-state index in [1.165, 1.54) is 23.0 Å². The lowest BCUT2D eigenvalue weighted by Gasteiger charge is -2.13. The Morgan fingerprint density at radius 1 is 0.929 bits per heavy atom. The van der Waals surface area contributed by atoms with E-state index in [9.17, 15) is 35.9 Å². The number of aryl methyl sites for hydroxylation is 2. The molecule has 1 amide bonds. The average molecular weight is 586 g/mol. The third-order valence-electron chi connectivity index (χ3n) is 6.35. The molecule has 8 nitrogen and oxygen atoms in total. The van der Waals surface area contributed by atoms with E-state index in [-0.39, 0.29) is 16.8 Å². The Kier molecular flexibility index (Phi) is 7.00. The Balaban J connectivity index is 1.47. The zero-order chi connectivity index (χ0) is 30.4. The minimum absolute atomic E-state index is 0.171. The minimum Gasteiger partial charge on any atom is -0.355 e. The highest BCUT2D eigenvalue weighted by atomic mass is 19.4. The number of rotatable bonds is 5. The van der Waals surface area contributed by atoms with Crippen molar-refractivity contribution >= 4 is 33.9 Å². The molecule has 5 aromatic rings. The van der Waals surface area contributed by atoms with Gasteiger partial charge >= 0.3 is 12.4 Å². The number of nitrogens with zero attached hydrogens (tertiary/aromatic N) is 3. The number of carbonyl (C=O) groups is 1. The maximum absolute atomic E-state index is 13.5. The lowest BCUT2D eigenvalue weighted by molar-refractivity contribution is -0.144. The van der Waals surface area contributed by atoms with E-state index >= 15 is 0 Å². The number of anilines is 3. The summed E-state index contributed by atoms with van der Waals surface area (Å²) in [4.78, 5) is 35.2. The number of H-pyrrole nitrogens is 1. The maximum Gasteiger partial charge on any atom is 0.449 e. The topological polar surface area (TPSA) is 105 Å². The summed E-state index contributed by atoms with van der Waals surface area (Å²) in [6, 6.07) is 13.1. The van der Waals surface area contributed by atoms with Crippen LogP contribution >= 0.6 is 0 Å². The summed E-state index contributed by atoms with van der Waals surface area (Å²) in [5.74, 6) is -2.59. The van der Waals surface area contributed by atoms with Gasteiger partial charge in [0.15, 0.2) is 0 Å². The van der Waals surface area contributed by atoms with Gasteiger partial charge in [0, 0.05) is 29.7 Å². The summed E-state index contributed by atoms with van der Waals surface area (Å²) in [5.41, 5.74) is -0.517. The second kappa shape index (κ2) is 10.4. The van der Waals surface area contributed by atoms with Gasteiger partial charge in [-0.3, -0.25) is 9.59 Å². The third kappa shape index (κ3) is 5.68. The number of halogens is 6. The van der Waals surface area contributed by atoms with E-state index in [2.05, 4.69) is 20.6 Å². The number of alkyl halides is 6. The van der Waals surface area contributed by atoms with Crippen molar-refractivity contribution in [1.82, 2.24) is 19.5 Å². The highest BCUT2D eigenvalue weighted by Gasteiger charge is 2.37. The van der Waals surface area contributed by atoms with E-state index in [1.54, 1.807) is 38.2 Å². The predicted octanol–water partition coefficient (Wildman–Crippen LogP) is 6.67. The summed E-state index contributed by atoms with van der Waals surface area (Å²) in [6.45, 7) is 1.77. The van der Waals surface area contributed by atoms with Crippen molar-refractivity contribution in [2.24, 2.45) is 7.05 Å². The summed E-state index contributed by atoms with van der Waals surface area (Å²) < 4.78 is 81.5. The fourth-order valence-corrected chi connectivity index (χ4v) is 4.20. The fourth-order valence-electron chi connectivity index (χ4n) is 4.20. The second-order valence-electron chi connectivity index (χ2n) is 9.39. The Hall–Kier alpha value is -5.14. The van der Waals surface area contributed by atoms with Crippen LogP contribution in [0, 0.1) is 6.92 Å². The third-order valence-corrected chi connectivity index (χ3v) is 6.35.